The lowest BCUT2D eigenvalue weighted by molar-refractivity contribution is 0.0925. The number of hydrogen-bond acceptors (Lipinski definition) is 2. The van der Waals surface area contributed by atoms with E-state index in [0.29, 0.717) is 0 Å². The van der Waals surface area contributed by atoms with Gasteiger partial charge in [-0.05, 0) is 0 Å². The van der Waals surface area contributed by atoms with Crippen LogP contribution in [0.2, 0.25) is 0 Å². The third-order valence-corrected chi connectivity index (χ3v) is 2.03. The number of carbonyl (C=O) groups excluding carboxylic acids is 1. The molecule has 0 spiro atoms. The smallest absolute Gasteiger partial charge is 0.257 e. The van der Waals surface area contributed by atoms with Gasteiger partial charge >= 0.3 is 0 Å². The van der Waals surface area contributed by atoms with Crippen molar-refractivity contribution in [3.63, 3.8) is 0 Å². The Morgan fingerprint density at radius 1 is 1.00 bits per heavy atom. The van der Waals surface area contributed by atoms with Gasteiger partial charge in [-0.2, -0.15) is 0 Å². The summed E-state index contributed by atoms with van der Waals surface area (Å²) < 4.78 is 69.1. The summed E-state index contributed by atoms with van der Waals surface area (Å²) in [5, 5.41) is 1.96. The second kappa shape index (κ2) is 5.76. The minimum atomic E-state index is -2.31. The molecule has 0 heterocycles. The monoisotopic (exact) mass is 269 g/mol. The predicted molar refractivity (Wildman–Crippen MR) is 50.4 cm³/mol. The number of ether oxygens (including phenoxy) is 1. The molecule has 0 unspecified atom stereocenters. The van der Waals surface area contributed by atoms with Crippen molar-refractivity contribution < 1.29 is 31.5 Å². The van der Waals surface area contributed by atoms with E-state index in [2.05, 4.69) is 4.74 Å². The van der Waals surface area contributed by atoms with Crippen LogP contribution in [0.5, 0.6) is 0 Å². The molecule has 18 heavy (non-hydrogen) atoms. The van der Waals surface area contributed by atoms with E-state index in [1.807, 2.05) is 5.32 Å². The Kier molecular flexibility index (Phi) is 4.60. The normalized spacial score (nSPS) is 10.6. The van der Waals surface area contributed by atoms with Crippen LogP contribution in [0.3, 0.4) is 0 Å². The summed E-state index contributed by atoms with van der Waals surface area (Å²) in [5.74, 6) is -12.4. The number of benzene rings is 1. The summed E-state index contributed by atoms with van der Waals surface area (Å²) in [7, 11) is 1.31. The van der Waals surface area contributed by atoms with Crippen LogP contribution in [0.4, 0.5) is 22.0 Å². The molecule has 0 aliphatic heterocycles. The van der Waals surface area contributed by atoms with Gasteiger partial charge in [0.05, 0.1) is 6.61 Å². The van der Waals surface area contributed by atoms with Gasteiger partial charge in [0, 0.05) is 13.7 Å². The fourth-order valence-electron chi connectivity index (χ4n) is 1.16. The molecule has 0 atom stereocenters. The Morgan fingerprint density at radius 2 is 1.44 bits per heavy atom. The van der Waals surface area contributed by atoms with Crippen molar-refractivity contribution in [3.05, 3.63) is 34.6 Å². The lowest BCUT2D eigenvalue weighted by Crippen LogP contribution is -2.29. The van der Waals surface area contributed by atoms with E-state index in [9.17, 15) is 26.7 Å². The zero-order chi connectivity index (χ0) is 13.9. The molecule has 1 aromatic carbocycles. The second-order valence-electron chi connectivity index (χ2n) is 3.19. The summed E-state index contributed by atoms with van der Waals surface area (Å²) in [6.07, 6.45) is 0. The lowest BCUT2D eigenvalue weighted by Gasteiger charge is -2.08. The number of carbonyl (C=O) groups is 1. The molecule has 0 fully saturated rings. The Balaban J connectivity index is 3.13. The van der Waals surface area contributed by atoms with Crippen LogP contribution in [-0.4, -0.2) is 26.2 Å². The highest BCUT2D eigenvalue weighted by atomic mass is 19.2. The van der Waals surface area contributed by atoms with Crippen LogP contribution in [0.15, 0.2) is 0 Å². The maximum Gasteiger partial charge on any atom is 0.257 e. The molecule has 0 saturated heterocycles. The summed E-state index contributed by atoms with van der Waals surface area (Å²) in [4.78, 5) is 11.3. The van der Waals surface area contributed by atoms with E-state index in [4.69, 9.17) is 0 Å². The van der Waals surface area contributed by atoms with E-state index >= 15 is 0 Å². The van der Waals surface area contributed by atoms with E-state index < -0.39 is 40.6 Å². The largest absolute Gasteiger partial charge is 0.383 e. The van der Waals surface area contributed by atoms with Crippen molar-refractivity contribution >= 4 is 5.91 Å². The average Bonchev–Trinajstić information content (AvgIpc) is 2.34. The quantitative estimate of drug-likeness (QED) is 0.391. The first kappa shape index (κ1) is 14.4. The van der Waals surface area contributed by atoms with Crippen molar-refractivity contribution in [1.82, 2.24) is 5.32 Å². The number of amides is 1. The van der Waals surface area contributed by atoms with Gasteiger partial charge in [-0.3, -0.25) is 4.79 Å². The molecule has 0 bridgehead atoms. The third kappa shape index (κ3) is 2.58. The maximum absolute atomic E-state index is 13.1. The molecule has 0 radical (unpaired) electrons. The van der Waals surface area contributed by atoms with Gasteiger partial charge in [0.2, 0.25) is 5.82 Å². The molecule has 1 rings (SSSR count). The highest BCUT2D eigenvalue weighted by molar-refractivity contribution is 5.94. The number of nitrogens with one attached hydrogen (secondary N) is 1. The predicted octanol–water partition coefficient (Wildman–Crippen LogP) is 1.76. The molecule has 3 nitrogen and oxygen atoms in total. The summed E-state index contributed by atoms with van der Waals surface area (Å²) >= 11 is 0. The zero-order valence-electron chi connectivity index (χ0n) is 9.12. The van der Waals surface area contributed by atoms with Gasteiger partial charge in [-0.15, -0.1) is 0 Å². The van der Waals surface area contributed by atoms with Gasteiger partial charge in [0.25, 0.3) is 5.91 Å². The first-order chi connectivity index (χ1) is 8.41. The van der Waals surface area contributed by atoms with Crippen molar-refractivity contribution in [2.45, 2.75) is 0 Å². The molecule has 1 aromatic rings. The van der Waals surface area contributed by atoms with Gasteiger partial charge in [0.15, 0.2) is 23.3 Å². The van der Waals surface area contributed by atoms with Crippen LogP contribution in [0.1, 0.15) is 10.4 Å². The van der Waals surface area contributed by atoms with Gasteiger partial charge in [-0.25, -0.2) is 22.0 Å². The maximum atomic E-state index is 13.1. The number of halogens is 5. The minimum absolute atomic E-state index is 0.0289. The van der Waals surface area contributed by atoms with E-state index in [-0.39, 0.29) is 13.2 Å². The van der Waals surface area contributed by atoms with Crippen molar-refractivity contribution in [1.29, 1.82) is 0 Å². The zero-order valence-corrected chi connectivity index (χ0v) is 9.12. The molecule has 0 aliphatic rings. The molecular formula is C10H8F5NO2. The van der Waals surface area contributed by atoms with Gasteiger partial charge < -0.3 is 10.1 Å². The second-order valence-corrected chi connectivity index (χ2v) is 3.19. The number of rotatable bonds is 4. The Hall–Kier alpha value is -1.70. The molecule has 100 valence electrons. The minimum Gasteiger partial charge on any atom is -0.383 e. The van der Waals surface area contributed by atoms with E-state index in [1.165, 1.54) is 7.11 Å². The molecule has 8 heteroatoms. The Labute approximate surface area is 98.5 Å². The van der Waals surface area contributed by atoms with Crippen molar-refractivity contribution in [2.75, 3.05) is 20.3 Å². The highest BCUT2D eigenvalue weighted by Gasteiger charge is 2.29. The number of hydrogen-bond donors (Lipinski definition) is 1. The van der Waals surface area contributed by atoms with Crippen LogP contribution in [-0.2, 0) is 4.74 Å². The fourth-order valence-corrected chi connectivity index (χ4v) is 1.16. The molecule has 1 amide bonds. The van der Waals surface area contributed by atoms with Crippen molar-refractivity contribution in [3.8, 4) is 0 Å². The van der Waals surface area contributed by atoms with Gasteiger partial charge in [-0.1, -0.05) is 0 Å². The average molecular weight is 269 g/mol. The lowest BCUT2D eigenvalue weighted by atomic mass is 10.1. The molecular weight excluding hydrogens is 261 g/mol. The van der Waals surface area contributed by atoms with Gasteiger partial charge in [0.1, 0.15) is 5.56 Å². The van der Waals surface area contributed by atoms with Crippen LogP contribution >= 0.6 is 0 Å². The summed E-state index contributed by atoms with van der Waals surface area (Å²) in [6, 6.07) is 0. The third-order valence-electron chi connectivity index (χ3n) is 2.03. The van der Waals surface area contributed by atoms with Crippen LogP contribution in [0.25, 0.3) is 0 Å². The Bertz CT molecular complexity index is 449. The van der Waals surface area contributed by atoms with Crippen molar-refractivity contribution in [2.24, 2.45) is 0 Å². The van der Waals surface area contributed by atoms with E-state index in [0.717, 1.165) is 0 Å². The number of methoxy groups -OCH3 is 1. The molecule has 0 saturated carbocycles. The van der Waals surface area contributed by atoms with Crippen LogP contribution < -0.4 is 5.32 Å². The topological polar surface area (TPSA) is 38.3 Å². The Morgan fingerprint density at radius 3 is 1.89 bits per heavy atom. The SMILES string of the molecule is COCCNC(=O)c1c(F)c(F)c(F)c(F)c1F. The molecule has 0 aromatic heterocycles. The molecule has 1 N–H and O–H groups in total. The standard InChI is InChI=1S/C10H8F5NO2/c1-18-3-2-16-10(17)4-5(11)7(13)9(15)8(14)6(4)12/h2-3H2,1H3,(H,16,17). The molecule has 0 aliphatic carbocycles. The first-order valence-electron chi connectivity index (χ1n) is 4.70. The first-order valence-corrected chi connectivity index (χ1v) is 4.70. The summed E-state index contributed by atoms with van der Waals surface area (Å²) in [6.45, 7) is -0.101. The van der Waals surface area contributed by atoms with Crippen LogP contribution in [0, 0.1) is 29.1 Å². The van der Waals surface area contributed by atoms with E-state index in [1.54, 1.807) is 0 Å². The summed E-state index contributed by atoms with van der Waals surface area (Å²) in [5.41, 5.74) is -1.51. The highest BCUT2D eigenvalue weighted by Crippen LogP contribution is 2.22. The fraction of sp³-hybridized carbons (Fsp3) is 0.300.